The van der Waals surface area contributed by atoms with Crippen molar-refractivity contribution in [2.75, 3.05) is 37.6 Å². The lowest BCUT2D eigenvalue weighted by atomic mass is 9.97. The molecule has 0 spiro atoms. The van der Waals surface area contributed by atoms with E-state index in [2.05, 4.69) is 49.2 Å². The molecule has 2 aromatic rings. The van der Waals surface area contributed by atoms with E-state index < -0.39 is 0 Å². The third-order valence-corrected chi connectivity index (χ3v) is 5.40. The summed E-state index contributed by atoms with van der Waals surface area (Å²) in [5, 5.41) is 2.93. The van der Waals surface area contributed by atoms with Gasteiger partial charge in [0.15, 0.2) is 0 Å². The van der Waals surface area contributed by atoms with Crippen LogP contribution in [0.4, 0.5) is 14.9 Å². The molecule has 3 rings (SSSR count). The first-order chi connectivity index (χ1) is 13.5. The molecule has 0 aromatic heterocycles. The van der Waals surface area contributed by atoms with Crippen LogP contribution in [0.15, 0.2) is 42.5 Å². The van der Waals surface area contributed by atoms with E-state index in [0.717, 1.165) is 13.1 Å². The van der Waals surface area contributed by atoms with Gasteiger partial charge in [0.05, 0.1) is 0 Å². The van der Waals surface area contributed by atoms with E-state index in [0.29, 0.717) is 37.5 Å². The molecule has 5 heteroatoms. The smallest absolute Gasteiger partial charge is 0.317 e. The van der Waals surface area contributed by atoms with Gasteiger partial charge in [-0.2, -0.15) is 0 Å². The normalized spacial score (nSPS) is 14.5. The Hall–Kier alpha value is -2.56. The number of hydrogen-bond donors (Lipinski definition) is 1. The number of aryl methyl sites for hydroxylation is 1. The number of anilines is 1. The average molecular weight is 384 g/mol. The number of piperazine rings is 1. The predicted octanol–water partition coefficient (Wildman–Crippen LogP) is 4.33. The first kappa shape index (κ1) is 20.2. The fourth-order valence-electron chi connectivity index (χ4n) is 3.83. The molecule has 1 aliphatic heterocycles. The van der Waals surface area contributed by atoms with Gasteiger partial charge in [0, 0.05) is 38.4 Å². The summed E-state index contributed by atoms with van der Waals surface area (Å²) in [4.78, 5) is 16.7. The maximum atomic E-state index is 13.7. The number of amides is 2. The molecule has 0 saturated carbocycles. The Balaban J connectivity index is 1.53. The molecule has 28 heavy (non-hydrogen) atoms. The fourth-order valence-corrected chi connectivity index (χ4v) is 3.83. The van der Waals surface area contributed by atoms with Crippen molar-refractivity contribution in [3.63, 3.8) is 0 Å². The highest BCUT2D eigenvalue weighted by atomic mass is 19.1. The van der Waals surface area contributed by atoms with Crippen molar-refractivity contribution in [2.24, 2.45) is 0 Å². The van der Waals surface area contributed by atoms with Crippen molar-refractivity contribution < 1.29 is 9.18 Å². The van der Waals surface area contributed by atoms with Crippen LogP contribution in [0, 0.1) is 12.7 Å². The first-order valence-corrected chi connectivity index (χ1v) is 10.1. The number of rotatable bonds is 5. The van der Waals surface area contributed by atoms with Gasteiger partial charge in [0.1, 0.15) is 5.82 Å². The summed E-state index contributed by atoms with van der Waals surface area (Å²) in [6.45, 7) is 10.1. The van der Waals surface area contributed by atoms with Crippen LogP contribution in [-0.4, -0.2) is 43.7 Å². The zero-order valence-electron chi connectivity index (χ0n) is 17.0. The predicted molar refractivity (Wildman–Crippen MR) is 113 cm³/mol. The third kappa shape index (κ3) is 4.64. The van der Waals surface area contributed by atoms with Crippen LogP contribution in [0.3, 0.4) is 0 Å². The SMILES string of the molecule is Cc1cccc(C(C)C)c1N1CCN(C(=O)NCCc2ccccc2F)CC1. The molecule has 1 saturated heterocycles. The molecule has 1 heterocycles. The minimum absolute atomic E-state index is 0.0649. The molecule has 2 aromatic carbocycles. The summed E-state index contributed by atoms with van der Waals surface area (Å²) in [6.07, 6.45) is 0.499. The molecule has 4 nitrogen and oxygen atoms in total. The minimum atomic E-state index is -0.218. The van der Waals surface area contributed by atoms with E-state index >= 15 is 0 Å². The number of halogens is 1. The summed E-state index contributed by atoms with van der Waals surface area (Å²) >= 11 is 0. The van der Waals surface area contributed by atoms with Crippen LogP contribution >= 0.6 is 0 Å². The van der Waals surface area contributed by atoms with Crippen LogP contribution in [0.5, 0.6) is 0 Å². The molecule has 2 amide bonds. The summed E-state index contributed by atoms with van der Waals surface area (Å²) in [5.74, 6) is 0.249. The van der Waals surface area contributed by atoms with Crippen molar-refractivity contribution >= 4 is 11.7 Å². The highest BCUT2D eigenvalue weighted by Crippen LogP contribution is 2.31. The molecule has 0 aliphatic carbocycles. The van der Waals surface area contributed by atoms with Gasteiger partial charge in [-0.1, -0.05) is 50.2 Å². The largest absolute Gasteiger partial charge is 0.368 e. The van der Waals surface area contributed by atoms with Gasteiger partial charge >= 0.3 is 6.03 Å². The average Bonchev–Trinajstić information content (AvgIpc) is 2.69. The number of carbonyl (C=O) groups excluding carboxylic acids is 1. The number of benzene rings is 2. The van der Waals surface area contributed by atoms with Crippen LogP contribution in [0.2, 0.25) is 0 Å². The molecule has 1 fully saturated rings. The molecule has 0 atom stereocenters. The Bertz CT molecular complexity index is 813. The number of nitrogens with zero attached hydrogens (tertiary/aromatic N) is 2. The molecule has 0 radical (unpaired) electrons. The molecule has 1 aliphatic rings. The molecule has 150 valence electrons. The van der Waals surface area contributed by atoms with Gasteiger partial charge in [-0.05, 0) is 42.0 Å². The van der Waals surface area contributed by atoms with E-state index in [1.165, 1.54) is 22.9 Å². The van der Waals surface area contributed by atoms with E-state index in [9.17, 15) is 9.18 Å². The topological polar surface area (TPSA) is 35.6 Å². The fraction of sp³-hybridized carbons (Fsp3) is 0.435. The van der Waals surface area contributed by atoms with Crippen LogP contribution in [-0.2, 0) is 6.42 Å². The summed E-state index contributed by atoms with van der Waals surface area (Å²) < 4.78 is 13.7. The second-order valence-electron chi connectivity index (χ2n) is 7.71. The zero-order chi connectivity index (χ0) is 20.1. The number of para-hydroxylation sites is 1. The second-order valence-corrected chi connectivity index (χ2v) is 7.71. The maximum absolute atomic E-state index is 13.7. The van der Waals surface area contributed by atoms with E-state index in [1.807, 2.05) is 11.0 Å². The molecule has 0 bridgehead atoms. The Morgan fingerprint density at radius 1 is 1.07 bits per heavy atom. The van der Waals surface area contributed by atoms with Crippen molar-refractivity contribution in [2.45, 2.75) is 33.1 Å². The lowest BCUT2D eigenvalue weighted by molar-refractivity contribution is 0.194. The summed E-state index contributed by atoms with van der Waals surface area (Å²) in [7, 11) is 0. The quantitative estimate of drug-likeness (QED) is 0.834. The van der Waals surface area contributed by atoms with E-state index in [4.69, 9.17) is 0 Å². The van der Waals surface area contributed by atoms with Gasteiger partial charge in [0.25, 0.3) is 0 Å². The van der Waals surface area contributed by atoms with Gasteiger partial charge < -0.3 is 15.1 Å². The number of carbonyl (C=O) groups is 1. The maximum Gasteiger partial charge on any atom is 0.317 e. The summed E-state index contributed by atoms with van der Waals surface area (Å²) in [5.41, 5.74) is 4.60. The molecular formula is C23H30FN3O. The first-order valence-electron chi connectivity index (χ1n) is 10.1. The highest BCUT2D eigenvalue weighted by molar-refractivity contribution is 5.74. The van der Waals surface area contributed by atoms with Crippen molar-refractivity contribution in [1.29, 1.82) is 0 Å². The number of urea groups is 1. The van der Waals surface area contributed by atoms with Gasteiger partial charge in [-0.15, -0.1) is 0 Å². The summed E-state index contributed by atoms with van der Waals surface area (Å²) in [6, 6.07) is 13.1. The van der Waals surface area contributed by atoms with Crippen LogP contribution in [0.1, 0.15) is 36.5 Å². The van der Waals surface area contributed by atoms with Crippen LogP contribution in [0.25, 0.3) is 0 Å². The van der Waals surface area contributed by atoms with E-state index in [1.54, 1.807) is 12.1 Å². The third-order valence-electron chi connectivity index (χ3n) is 5.40. The van der Waals surface area contributed by atoms with Crippen molar-refractivity contribution in [3.05, 3.63) is 65.0 Å². The van der Waals surface area contributed by atoms with Gasteiger partial charge in [-0.3, -0.25) is 0 Å². The Kier molecular flexibility index (Phi) is 6.55. The Labute approximate surface area is 167 Å². The minimum Gasteiger partial charge on any atom is -0.368 e. The Morgan fingerprint density at radius 2 is 1.79 bits per heavy atom. The number of nitrogens with one attached hydrogen (secondary N) is 1. The lowest BCUT2D eigenvalue weighted by Gasteiger charge is -2.38. The van der Waals surface area contributed by atoms with Gasteiger partial charge in [0.2, 0.25) is 0 Å². The lowest BCUT2D eigenvalue weighted by Crippen LogP contribution is -2.52. The van der Waals surface area contributed by atoms with Gasteiger partial charge in [-0.25, -0.2) is 9.18 Å². The standard InChI is InChI=1S/C23H30FN3O/c1-17(2)20-9-6-7-18(3)22(20)26-13-15-27(16-14-26)23(28)25-12-11-19-8-4-5-10-21(19)24/h4-10,17H,11-16H2,1-3H3,(H,25,28). The van der Waals surface area contributed by atoms with Crippen LogP contribution < -0.4 is 10.2 Å². The molecule has 0 unspecified atom stereocenters. The molecular weight excluding hydrogens is 353 g/mol. The zero-order valence-corrected chi connectivity index (χ0v) is 17.0. The van der Waals surface area contributed by atoms with E-state index in [-0.39, 0.29) is 11.8 Å². The monoisotopic (exact) mass is 383 g/mol. The second kappa shape index (κ2) is 9.09. The van der Waals surface area contributed by atoms with Crippen molar-refractivity contribution in [1.82, 2.24) is 10.2 Å². The highest BCUT2D eigenvalue weighted by Gasteiger charge is 2.24. The molecule has 1 N–H and O–H groups in total. The number of hydrogen-bond acceptors (Lipinski definition) is 2. The Morgan fingerprint density at radius 3 is 2.46 bits per heavy atom. The van der Waals surface area contributed by atoms with Crippen molar-refractivity contribution in [3.8, 4) is 0 Å².